The van der Waals surface area contributed by atoms with Crippen LogP contribution in [0.1, 0.15) is 12.0 Å². The Morgan fingerprint density at radius 2 is 1.81 bits per heavy atom. The maximum Gasteiger partial charge on any atom is 0.220 e. The molecule has 3 rings (SSSR count). The number of hydrogen-bond donors (Lipinski definition) is 1. The monoisotopic (exact) mass is 365 g/mol. The normalized spacial score (nSPS) is 10.4. The standard InChI is InChI=1S/C21H23N3O3/c1-26-19-9-5-6-10-20(19)27-14-13-22-21(25)12-11-17-15-23-24(16-17)18-7-3-2-4-8-18/h2-10,15-16H,11-14H2,1H3,(H,22,25). The summed E-state index contributed by atoms with van der Waals surface area (Å²) in [6, 6.07) is 17.3. The van der Waals surface area contributed by atoms with E-state index < -0.39 is 0 Å². The Bertz CT molecular complexity index is 862. The van der Waals surface area contributed by atoms with Crippen LogP contribution in [0.4, 0.5) is 0 Å². The maximum absolute atomic E-state index is 12.0. The first-order chi connectivity index (χ1) is 13.3. The van der Waals surface area contributed by atoms with Crippen molar-refractivity contribution in [2.75, 3.05) is 20.3 Å². The fraction of sp³-hybridized carbons (Fsp3) is 0.238. The number of rotatable bonds is 9. The molecule has 27 heavy (non-hydrogen) atoms. The average Bonchev–Trinajstić information content (AvgIpc) is 3.20. The molecular formula is C21H23N3O3. The van der Waals surface area contributed by atoms with Gasteiger partial charge >= 0.3 is 0 Å². The number of aryl methyl sites for hydroxylation is 1. The smallest absolute Gasteiger partial charge is 0.220 e. The van der Waals surface area contributed by atoms with Gasteiger partial charge in [-0.25, -0.2) is 4.68 Å². The van der Waals surface area contributed by atoms with Crippen LogP contribution in [0.15, 0.2) is 67.0 Å². The van der Waals surface area contributed by atoms with Gasteiger partial charge in [0.15, 0.2) is 11.5 Å². The number of para-hydroxylation sites is 3. The highest BCUT2D eigenvalue weighted by molar-refractivity contribution is 5.76. The van der Waals surface area contributed by atoms with Crippen molar-refractivity contribution < 1.29 is 14.3 Å². The van der Waals surface area contributed by atoms with E-state index in [0.717, 1.165) is 11.3 Å². The highest BCUT2D eigenvalue weighted by Crippen LogP contribution is 2.25. The molecule has 0 aliphatic heterocycles. The molecule has 2 aromatic carbocycles. The van der Waals surface area contributed by atoms with Crippen LogP contribution >= 0.6 is 0 Å². The van der Waals surface area contributed by atoms with Crippen LogP contribution in [0, 0.1) is 0 Å². The molecular weight excluding hydrogens is 342 g/mol. The number of amides is 1. The molecule has 0 bridgehead atoms. The van der Waals surface area contributed by atoms with Gasteiger partial charge in [-0.1, -0.05) is 30.3 Å². The number of carbonyl (C=O) groups excluding carboxylic acids is 1. The number of aromatic nitrogens is 2. The summed E-state index contributed by atoms with van der Waals surface area (Å²) >= 11 is 0. The van der Waals surface area contributed by atoms with Gasteiger partial charge in [0.05, 0.1) is 25.5 Å². The molecule has 1 N–H and O–H groups in total. The summed E-state index contributed by atoms with van der Waals surface area (Å²) in [5, 5.41) is 7.21. The van der Waals surface area contributed by atoms with Crippen molar-refractivity contribution in [3.8, 4) is 17.2 Å². The second kappa shape index (κ2) is 9.43. The Hall–Kier alpha value is -3.28. The number of nitrogens with one attached hydrogen (secondary N) is 1. The van der Waals surface area contributed by atoms with E-state index in [-0.39, 0.29) is 5.91 Å². The van der Waals surface area contributed by atoms with E-state index in [1.54, 1.807) is 13.3 Å². The minimum Gasteiger partial charge on any atom is -0.493 e. The number of benzene rings is 2. The topological polar surface area (TPSA) is 65.4 Å². The third kappa shape index (κ3) is 5.34. The molecule has 0 aliphatic carbocycles. The highest BCUT2D eigenvalue weighted by Gasteiger charge is 2.06. The zero-order valence-electron chi connectivity index (χ0n) is 15.3. The Kier molecular flexibility index (Phi) is 6.46. The second-order valence-corrected chi connectivity index (χ2v) is 5.98. The summed E-state index contributed by atoms with van der Waals surface area (Å²) in [4.78, 5) is 12.0. The highest BCUT2D eigenvalue weighted by atomic mass is 16.5. The van der Waals surface area contributed by atoms with Gasteiger partial charge in [0, 0.05) is 12.6 Å². The molecule has 0 spiro atoms. The first kappa shape index (κ1) is 18.5. The van der Waals surface area contributed by atoms with Gasteiger partial charge in [-0.05, 0) is 36.2 Å². The molecule has 0 radical (unpaired) electrons. The van der Waals surface area contributed by atoms with Crippen molar-refractivity contribution >= 4 is 5.91 Å². The molecule has 0 aliphatic rings. The van der Waals surface area contributed by atoms with Crippen molar-refractivity contribution in [3.63, 3.8) is 0 Å². The Morgan fingerprint density at radius 3 is 2.59 bits per heavy atom. The molecule has 0 fully saturated rings. The van der Waals surface area contributed by atoms with Crippen molar-refractivity contribution in [2.24, 2.45) is 0 Å². The van der Waals surface area contributed by atoms with E-state index in [9.17, 15) is 4.79 Å². The van der Waals surface area contributed by atoms with Gasteiger partial charge in [0.1, 0.15) is 6.61 Å². The molecule has 1 aromatic heterocycles. The largest absolute Gasteiger partial charge is 0.493 e. The van der Waals surface area contributed by atoms with Gasteiger partial charge < -0.3 is 14.8 Å². The van der Waals surface area contributed by atoms with Crippen molar-refractivity contribution in [1.82, 2.24) is 15.1 Å². The summed E-state index contributed by atoms with van der Waals surface area (Å²) < 4.78 is 12.7. The molecule has 0 unspecified atom stereocenters. The number of methoxy groups -OCH3 is 1. The van der Waals surface area contributed by atoms with Crippen molar-refractivity contribution in [3.05, 3.63) is 72.6 Å². The first-order valence-corrected chi connectivity index (χ1v) is 8.88. The fourth-order valence-corrected chi connectivity index (χ4v) is 2.65. The number of hydrogen-bond acceptors (Lipinski definition) is 4. The maximum atomic E-state index is 12.0. The minimum absolute atomic E-state index is 0.00825. The lowest BCUT2D eigenvalue weighted by molar-refractivity contribution is -0.121. The zero-order chi connectivity index (χ0) is 18.9. The quantitative estimate of drug-likeness (QED) is 0.592. The van der Waals surface area contributed by atoms with Gasteiger partial charge in [-0.3, -0.25) is 4.79 Å². The van der Waals surface area contributed by atoms with Crippen molar-refractivity contribution in [1.29, 1.82) is 0 Å². The summed E-state index contributed by atoms with van der Waals surface area (Å²) in [6.07, 6.45) is 4.81. The minimum atomic E-state index is -0.00825. The second-order valence-electron chi connectivity index (χ2n) is 5.98. The van der Waals surface area contributed by atoms with Crippen LogP contribution in [0.25, 0.3) is 5.69 Å². The molecule has 0 atom stereocenters. The molecule has 6 nitrogen and oxygen atoms in total. The molecule has 0 saturated heterocycles. The van der Waals surface area contributed by atoms with Gasteiger partial charge in [0.2, 0.25) is 5.91 Å². The third-order valence-electron chi connectivity index (χ3n) is 4.05. The van der Waals surface area contributed by atoms with Crippen LogP contribution in [0.5, 0.6) is 11.5 Å². The Morgan fingerprint density at radius 1 is 1.07 bits per heavy atom. The SMILES string of the molecule is COc1ccccc1OCCNC(=O)CCc1cnn(-c2ccccc2)c1. The lowest BCUT2D eigenvalue weighted by Crippen LogP contribution is -2.28. The summed E-state index contributed by atoms with van der Waals surface area (Å²) in [7, 11) is 1.60. The predicted octanol–water partition coefficient (Wildman–Crippen LogP) is 3.01. The Balaban J connectivity index is 1.38. The van der Waals surface area contributed by atoms with Gasteiger partial charge in [0.25, 0.3) is 0 Å². The number of carbonyl (C=O) groups is 1. The van der Waals surface area contributed by atoms with E-state index in [2.05, 4.69) is 10.4 Å². The number of nitrogens with zero attached hydrogens (tertiary/aromatic N) is 2. The third-order valence-corrected chi connectivity index (χ3v) is 4.05. The van der Waals surface area contributed by atoms with Gasteiger partial charge in [-0.2, -0.15) is 5.10 Å². The predicted molar refractivity (Wildman–Crippen MR) is 103 cm³/mol. The molecule has 140 valence electrons. The van der Waals surface area contributed by atoms with E-state index in [4.69, 9.17) is 9.47 Å². The van der Waals surface area contributed by atoms with Crippen LogP contribution in [-0.4, -0.2) is 35.9 Å². The van der Waals surface area contributed by atoms with Crippen LogP contribution in [-0.2, 0) is 11.2 Å². The zero-order valence-corrected chi connectivity index (χ0v) is 15.3. The summed E-state index contributed by atoms with van der Waals surface area (Å²) in [6.45, 7) is 0.832. The van der Waals surface area contributed by atoms with E-state index in [1.807, 2.05) is 65.5 Å². The van der Waals surface area contributed by atoms with Gasteiger partial charge in [-0.15, -0.1) is 0 Å². The summed E-state index contributed by atoms with van der Waals surface area (Å²) in [5.74, 6) is 1.34. The Labute approximate surface area is 158 Å². The molecule has 3 aromatic rings. The van der Waals surface area contributed by atoms with E-state index in [1.165, 1.54) is 0 Å². The lowest BCUT2D eigenvalue weighted by Gasteiger charge is -2.10. The van der Waals surface area contributed by atoms with Crippen LogP contribution in [0.2, 0.25) is 0 Å². The van der Waals surface area contributed by atoms with E-state index >= 15 is 0 Å². The van der Waals surface area contributed by atoms with Crippen LogP contribution in [0.3, 0.4) is 0 Å². The molecule has 6 heteroatoms. The average molecular weight is 365 g/mol. The van der Waals surface area contributed by atoms with E-state index in [0.29, 0.717) is 37.5 Å². The molecule has 0 saturated carbocycles. The molecule has 1 amide bonds. The lowest BCUT2D eigenvalue weighted by atomic mass is 10.2. The van der Waals surface area contributed by atoms with Crippen molar-refractivity contribution in [2.45, 2.75) is 12.8 Å². The summed E-state index contributed by atoms with van der Waals surface area (Å²) in [5.41, 5.74) is 2.03. The molecule has 1 heterocycles. The van der Waals surface area contributed by atoms with Crippen LogP contribution < -0.4 is 14.8 Å². The number of ether oxygens (including phenoxy) is 2. The first-order valence-electron chi connectivity index (χ1n) is 8.88. The fourth-order valence-electron chi connectivity index (χ4n) is 2.65.